The summed E-state index contributed by atoms with van der Waals surface area (Å²) in [5.41, 5.74) is 0.460. The van der Waals surface area contributed by atoms with Gasteiger partial charge in [0.15, 0.2) is 12.4 Å². The Bertz CT molecular complexity index is 466. The van der Waals surface area contributed by atoms with Crippen LogP contribution in [0.4, 0.5) is 0 Å². The summed E-state index contributed by atoms with van der Waals surface area (Å²) in [4.78, 5) is 33.1. The van der Waals surface area contributed by atoms with Gasteiger partial charge in [-0.1, -0.05) is 28.1 Å². The maximum atomic E-state index is 11.7. The van der Waals surface area contributed by atoms with Crippen LogP contribution in [0.3, 0.4) is 0 Å². The first-order chi connectivity index (χ1) is 8.99. The minimum atomic E-state index is -0.960. The molecule has 0 radical (unpaired) electrons. The average molecular weight is 329 g/mol. The maximum Gasteiger partial charge on any atom is 0.306 e. The van der Waals surface area contributed by atoms with Gasteiger partial charge in [-0.3, -0.25) is 14.4 Å². The van der Waals surface area contributed by atoms with Gasteiger partial charge in [0.05, 0.1) is 0 Å². The van der Waals surface area contributed by atoms with Gasteiger partial charge >= 0.3 is 11.9 Å². The van der Waals surface area contributed by atoms with E-state index in [2.05, 4.69) is 15.9 Å². The number of rotatable bonds is 7. The van der Waals surface area contributed by atoms with Crippen LogP contribution in [0.5, 0.6) is 0 Å². The molecule has 0 aromatic heterocycles. The number of ketones is 1. The van der Waals surface area contributed by atoms with Crippen molar-refractivity contribution in [2.24, 2.45) is 0 Å². The van der Waals surface area contributed by atoms with Gasteiger partial charge in [0, 0.05) is 22.9 Å². The Morgan fingerprint density at radius 2 is 1.74 bits per heavy atom. The third kappa shape index (κ3) is 6.15. The number of carbonyl (C=O) groups is 3. The lowest BCUT2D eigenvalue weighted by Gasteiger charge is -2.04. The summed E-state index contributed by atoms with van der Waals surface area (Å²) < 4.78 is 5.63. The number of carboxylic acid groups (broad SMARTS) is 1. The Kier molecular flexibility index (Phi) is 6.21. The molecule has 19 heavy (non-hydrogen) atoms. The highest BCUT2D eigenvalue weighted by molar-refractivity contribution is 9.10. The molecule has 0 atom stereocenters. The summed E-state index contributed by atoms with van der Waals surface area (Å²) in [6, 6.07) is 6.71. The van der Waals surface area contributed by atoms with Crippen molar-refractivity contribution in [1.29, 1.82) is 0 Å². The largest absolute Gasteiger partial charge is 0.481 e. The predicted octanol–water partition coefficient (Wildman–Crippen LogP) is 2.43. The lowest BCUT2D eigenvalue weighted by atomic mass is 10.1. The molecule has 0 saturated carbocycles. The minimum Gasteiger partial charge on any atom is -0.481 e. The summed E-state index contributed by atoms with van der Waals surface area (Å²) in [5, 5.41) is 8.41. The molecule has 0 fully saturated rings. The van der Waals surface area contributed by atoms with Crippen LogP contribution in [-0.4, -0.2) is 29.4 Å². The third-order valence-corrected chi connectivity index (χ3v) is 2.83. The van der Waals surface area contributed by atoms with E-state index in [1.54, 1.807) is 24.3 Å². The summed E-state index contributed by atoms with van der Waals surface area (Å²) in [6.45, 7) is -0.326. The SMILES string of the molecule is O=C(O)CCCC(=O)OCC(=O)c1ccc(Br)cc1. The van der Waals surface area contributed by atoms with Crippen molar-refractivity contribution in [2.75, 3.05) is 6.61 Å². The van der Waals surface area contributed by atoms with E-state index in [-0.39, 0.29) is 31.7 Å². The molecule has 1 aromatic rings. The smallest absolute Gasteiger partial charge is 0.306 e. The topological polar surface area (TPSA) is 80.7 Å². The number of aliphatic carboxylic acids is 1. The molecule has 1 N–H and O–H groups in total. The van der Waals surface area contributed by atoms with Gasteiger partial charge in [0.25, 0.3) is 0 Å². The van der Waals surface area contributed by atoms with E-state index in [9.17, 15) is 14.4 Å². The molecule has 0 aliphatic heterocycles. The van der Waals surface area contributed by atoms with E-state index in [1.807, 2.05) is 0 Å². The molecular weight excluding hydrogens is 316 g/mol. The van der Waals surface area contributed by atoms with Gasteiger partial charge in [-0.2, -0.15) is 0 Å². The van der Waals surface area contributed by atoms with Crippen LogP contribution < -0.4 is 0 Å². The molecule has 5 nitrogen and oxygen atoms in total. The quantitative estimate of drug-likeness (QED) is 0.614. The molecule has 0 unspecified atom stereocenters. The van der Waals surface area contributed by atoms with Crippen LogP contribution in [0.2, 0.25) is 0 Å². The molecule has 0 aliphatic rings. The monoisotopic (exact) mass is 328 g/mol. The van der Waals surface area contributed by atoms with Gasteiger partial charge in [0.1, 0.15) is 0 Å². The van der Waals surface area contributed by atoms with Crippen LogP contribution in [0.15, 0.2) is 28.7 Å². The van der Waals surface area contributed by atoms with Gasteiger partial charge in [0.2, 0.25) is 0 Å². The molecule has 6 heteroatoms. The number of carboxylic acids is 1. The van der Waals surface area contributed by atoms with Crippen molar-refractivity contribution in [3.63, 3.8) is 0 Å². The maximum absolute atomic E-state index is 11.7. The lowest BCUT2D eigenvalue weighted by Crippen LogP contribution is -2.14. The fraction of sp³-hybridized carbons (Fsp3) is 0.308. The second-order valence-corrected chi connectivity index (χ2v) is 4.75. The first-order valence-corrected chi connectivity index (χ1v) is 6.44. The van der Waals surface area contributed by atoms with Crippen LogP contribution in [0.1, 0.15) is 29.6 Å². The third-order valence-electron chi connectivity index (χ3n) is 2.30. The molecule has 0 bridgehead atoms. The highest BCUT2D eigenvalue weighted by Crippen LogP contribution is 2.11. The predicted molar refractivity (Wildman–Crippen MR) is 70.9 cm³/mol. The van der Waals surface area contributed by atoms with Crippen molar-refractivity contribution in [1.82, 2.24) is 0 Å². The van der Waals surface area contributed by atoms with Crippen molar-refractivity contribution in [3.8, 4) is 0 Å². The van der Waals surface area contributed by atoms with Gasteiger partial charge in [-0.25, -0.2) is 0 Å². The van der Waals surface area contributed by atoms with E-state index < -0.39 is 11.9 Å². The van der Waals surface area contributed by atoms with Crippen LogP contribution >= 0.6 is 15.9 Å². The second-order valence-electron chi connectivity index (χ2n) is 3.84. The number of benzene rings is 1. The first kappa shape index (κ1) is 15.4. The first-order valence-electron chi connectivity index (χ1n) is 5.65. The van der Waals surface area contributed by atoms with Crippen LogP contribution in [0.25, 0.3) is 0 Å². The lowest BCUT2D eigenvalue weighted by molar-refractivity contribution is -0.143. The highest BCUT2D eigenvalue weighted by Gasteiger charge is 2.10. The number of halogens is 1. The molecule has 1 rings (SSSR count). The van der Waals surface area contributed by atoms with Crippen molar-refractivity contribution >= 4 is 33.7 Å². The van der Waals surface area contributed by atoms with Crippen molar-refractivity contribution in [3.05, 3.63) is 34.3 Å². The van der Waals surface area contributed by atoms with Crippen LogP contribution in [0, 0.1) is 0 Å². The fourth-order valence-corrected chi connectivity index (χ4v) is 1.59. The van der Waals surface area contributed by atoms with Gasteiger partial charge in [-0.05, 0) is 18.6 Å². The molecule has 1 aromatic carbocycles. The highest BCUT2D eigenvalue weighted by atomic mass is 79.9. The summed E-state index contributed by atoms with van der Waals surface area (Å²) in [5.74, 6) is -1.82. The molecule has 102 valence electrons. The molecule has 0 aliphatic carbocycles. The summed E-state index contributed by atoms with van der Waals surface area (Å²) in [7, 11) is 0. The van der Waals surface area contributed by atoms with Crippen molar-refractivity contribution < 1.29 is 24.2 Å². The van der Waals surface area contributed by atoms with Crippen LogP contribution in [-0.2, 0) is 14.3 Å². The minimum absolute atomic E-state index is 0.0000815. The van der Waals surface area contributed by atoms with Crippen molar-refractivity contribution in [2.45, 2.75) is 19.3 Å². The standard InChI is InChI=1S/C13H13BrO5/c14-10-6-4-9(5-7-10)11(15)8-19-13(18)3-1-2-12(16)17/h4-7H,1-3,8H2,(H,16,17). The Morgan fingerprint density at radius 1 is 1.11 bits per heavy atom. The van der Waals surface area contributed by atoms with E-state index in [4.69, 9.17) is 9.84 Å². The average Bonchev–Trinajstić information content (AvgIpc) is 2.36. The number of ether oxygens (including phenoxy) is 1. The summed E-state index contributed by atoms with van der Waals surface area (Å²) >= 11 is 3.25. The Balaban J connectivity index is 2.31. The molecule has 0 spiro atoms. The normalized spacial score (nSPS) is 9.95. The zero-order valence-corrected chi connectivity index (χ0v) is 11.7. The second kappa shape index (κ2) is 7.68. The number of hydrogen-bond donors (Lipinski definition) is 1. The Labute approximate surface area is 118 Å². The van der Waals surface area contributed by atoms with E-state index in [0.717, 1.165) is 4.47 Å². The number of carbonyl (C=O) groups excluding carboxylic acids is 2. The number of Topliss-reactive ketones (excluding diaryl/α,β-unsaturated/α-hetero) is 1. The van der Waals surface area contributed by atoms with Gasteiger partial charge in [-0.15, -0.1) is 0 Å². The molecule has 0 saturated heterocycles. The molecule has 0 heterocycles. The van der Waals surface area contributed by atoms with E-state index in [1.165, 1.54) is 0 Å². The number of hydrogen-bond acceptors (Lipinski definition) is 4. The zero-order valence-electron chi connectivity index (χ0n) is 10.1. The molecular formula is C13H13BrO5. The zero-order chi connectivity index (χ0) is 14.3. The molecule has 0 amide bonds. The Morgan fingerprint density at radius 3 is 2.32 bits per heavy atom. The van der Waals surface area contributed by atoms with E-state index in [0.29, 0.717) is 5.56 Å². The fourth-order valence-electron chi connectivity index (χ4n) is 1.32. The Hall–Kier alpha value is -1.69. The number of esters is 1. The summed E-state index contributed by atoms with van der Waals surface area (Å²) in [6.07, 6.45) is 0.121. The van der Waals surface area contributed by atoms with E-state index >= 15 is 0 Å². The van der Waals surface area contributed by atoms with Gasteiger partial charge < -0.3 is 9.84 Å².